The van der Waals surface area contributed by atoms with Crippen LogP contribution in [-0.4, -0.2) is 54.4 Å². The van der Waals surface area contributed by atoms with Crippen LogP contribution in [-0.2, 0) is 0 Å². The zero-order valence-corrected chi connectivity index (χ0v) is 21.2. The molecule has 1 unspecified atom stereocenters. The Morgan fingerprint density at radius 3 is 2.03 bits per heavy atom. The number of rotatable bonds is 11. The number of para-hydroxylation sites is 1. The molecule has 1 atom stereocenters. The highest BCUT2D eigenvalue weighted by molar-refractivity contribution is 6.21. The molecule has 3 aromatic carbocycles. The van der Waals surface area contributed by atoms with E-state index in [1.807, 2.05) is 54.6 Å². The lowest BCUT2D eigenvalue weighted by atomic mass is 10.1. The summed E-state index contributed by atoms with van der Waals surface area (Å²) in [6.45, 7) is 4.47. The van der Waals surface area contributed by atoms with Crippen LogP contribution in [0.15, 0.2) is 78.9 Å². The summed E-state index contributed by atoms with van der Waals surface area (Å²) in [6.07, 6.45) is 5.15. The van der Waals surface area contributed by atoms with Crippen LogP contribution in [0.1, 0.15) is 64.5 Å². The SMILES string of the molecule is O=C1c2ccccc2C(=O)N1CCC(Oc1ccccc1)c1ccc(OCCCN2CCCCC2)cc1. The third-order valence-corrected chi connectivity index (χ3v) is 7.10. The average molecular weight is 499 g/mol. The Morgan fingerprint density at radius 1 is 0.703 bits per heavy atom. The molecule has 2 amide bonds. The van der Waals surface area contributed by atoms with E-state index in [2.05, 4.69) is 4.90 Å². The molecule has 192 valence electrons. The number of carbonyl (C=O) groups is 2. The number of hydrogen-bond acceptors (Lipinski definition) is 5. The number of hydrogen-bond donors (Lipinski definition) is 0. The highest BCUT2D eigenvalue weighted by Crippen LogP contribution is 2.29. The summed E-state index contributed by atoms with van der Waals surface area (Å²) >= 11 is 0. The normalized spacial score (nSPS) is 16.5. The Kier molecular flexibility index (Phi) is 8.16. The van der Waals surface area contributed by atoms with Crippen molar-refractivity contribution in [3.05, 3.63) is 95.6 Å². The van der Waals surface area contributed by atoms with Crippen LogP contribution in [0.25, 0.3) is 0 Å². The van der Waals surface area contributed by atoms with E-state index >= 15 is 0 Å². The number of likely N-dealkylation sites (tertiary alicyclic amines) is 1. The predicted octanol–water partition coefficient (Wildman–Crippen LogP) is 5.75. The van der Waals surface area contributed by atoms with Gasteiger partial charge in [-0.15, -0.1) is 0 Å². The van der Waals surface area contributed by atoms with Crippen LogP contribution < -0.4 is 9.47 Å². The topological polar surface area (TPSA) is 59.1 Å². The van der Waals surface area contributed by atoms with Gasteiger partial charge in [0.05, 0.1) is 17.7 Å². The van der Waals surface area contributed by atoms with E-state index in [1.165, 1.54) is 37.3 Å². The Morgan fingerprint density at radius 2 is 1.35 bits per heavy atom. The minimum atomic E-state index is -0.320. The Hall–Kier alpha value is -3.64. The maximum Gasteiger partial charge on any atom is 0.261 e. The summed E-state index contributed by atoms with van der Waals surface area (Å²) in [4.78, 5) is 29.5. The van der Waals surface area contributed by atoms with Gasteiger partial charge in [0.15, 0.2) is 0 Å². The molecule has 2 aliphatic rings. The second-order valence-corrected chi connectivity index (χ2v) is 9.69. The van der Waals surface area contributed by atoms with Crippen molar-refractivity contribution in [3.8, 4) is 11.5 Å². The molecule has 0 aliphatic carbocycles. The molecule has 2 aliphatic heterocycles. The Balaban J connectivity index is 1.21. The molecule has 5 rings (SSSR count). The van der Waals surface area contributed by atoms with Gasteiger partial charge in [-0.25, -0.2) is 0 Å². The van der Waals surface area contributed by atoms with Crippen LogP contribution in [0.3, 0.4) is 0 Å². The molecule has 37 heavy (non-hydrogen) atoms. The number of fused-ring (bicyclic) bond motifs is 1. The zero-order valence-electron chi connectivity index (χ0n) is 21.2. The summed E-state index contributed by atoms with van der Waals surface area (Å²) < 4.78 is 12.3. The van der Waals surface area contributed by atoms with Gasteiger partial charge < -0.3 is 14.4 Å². The maximum atomic E-state index is 12.8. The van der Waals surface area contributed by atoms with E-state index in [-0.39, 0.29) is 24.5 Å². The van der Waals surface area contributed by atoms with Gasteiger partial charge in [0.2, 0.25) is 0 Å². The predicted molar refractivity (Wildman–Crippen MR) is 143 cm³/mol. The van der Waals surface area contributed by atoms with E-state index in [4.69, 9.17) is 9.47 Å². The van der Waals surface area contributed by atoms with Gasteiger partial charge in [-0.2, -0.15) is 0 Å². The molecule has 0 N–H and O–H groups in total. The van der Waals surface area contributed by atoms with Crippen molar-refractivity contribution >= 4 is 11.8 Å². The summed E-state index contributed by atoms with van der Waals surface area (Å²) in [6, 6.07) is 24.6. The van der Waals surface area contributed by atoms with E-state index in [0.29, 0.717) is 24.2 Å². The van der Waals surface area contributed by atoms with Crippen molar-refractivity contribution in [2.45, 2.75) is 38.2 Å². The van der Waals surface area contributed by atoms with E-state index in [1.54, 1.807) is 24.3 Å². The van der Waals surface area contributed by atoms with Gasteiger partial charge >= 0.3 is 0 Å². The number of amides is 2. The van der Waals surface area contributed by atoms with Crippen molar-refractivity contribution in [1.29, 1.82) is 0 Å². The lowest BCUT2D eigenvalue weighted by molar-refractivity contribution is 0.0629. The molecule has 6 nitrogen and oxygen atoms in total. The summed E-state index contributed by atoms with van der Waals surface area (Å²) in [5.41, 5.74) is 1.91. The number of nitrogens with zero attached hydrogens (tertiary/aromatic N) is 2. The second-order valence-electron chi connectivity index (χ2n) is 9.69. The molecule has 0 spiro atoms. The number of carbonyl (C=O) groups excluding carboxylic acids is 2. The Bertz CT molecular complexity index is 1150. The van der Waals surface area contributed by atoms with Gasteiger partial charge in [-0.05, 0) is 74.3 Å². The summed E-state index contributed by atoms with van der Waals surface area (Å²) in [5, 5.41) is 0. The minimum absolute atomic E-state index is 0.243. The molecule has 1 fully saturated rings. The van der Waals surface area contributed by atoms with Gasteiger partial charge in [-0.1, -0.05) is 48.9 Å². The fourth-order valence-corrected chi connectivity index (χ4v) is 5.09. The maximum absolute atomic E-state index is 12.8. The molecule has 0 aromatic heterocycles. The highest BCUT2D eigenvalue weighted by atomic mass is 16.5. The van der Waals surface area contributed by atoms with Crippen LogP contribution in [0, 0.1) is 0 Å². The van der Waals surface area contributed by atoms with Crippen molar-refractivity contribution < 1.29 is 19.1 Å². The summed E-state index contributed by atoms with van der Waals surface area (Å²) in [5.74, 6) is 1.09. The first-order chi connectivity index (χ1) is 18.2. The smallest absolute Gasteiger partial charge is 0.261 e. The number of ether oxygens (including phenoxy) is 2. The Labute approximate surface area is 218 Å². The molecule has 2 heterocycles. The number of benzene rings is 3. The molecule has 3 aromatic rings. The van der Waals surface area contributed by atoms with Crippen LogP contribution in [0.4, 0.5) is 0 Å². The zero-order chi connectivity index (χ0) is 25.5. The molecule has 0 bridgehead atoms. The lowest BCUT2D eigenvalue weighted by Crippen LogP contribution is -2.32. The lowest BCUT2D eigenvalue weighted by Gasteiger charge is -2.26. The number of piperidine rings is 1. The fraction of sp³-hybridized carbons (Fsp3) is 0.355. The van der Waals surface area contributed by atoms with Gasteiger partial charge in [0.25, 0.3) is 11.8 Å². The van der Waals surface area contributed by atoms with Crippen molar-refractivity contribution in [2.75, 3.05) is 32.8 Å². The van der Waals surface area contributed by atoms with E-state index < -0.39 is 0 Å². The quantitative estimate of drug-likeness (QED) is 0.249. The van der Waals surface area contributed by atoms with Crippen LogP contribution in [0.2, 0.25) is 0 Å². The number of imide groups is 1. The molecule has 0 saturated carbocycles. The van der Waals surface area contributed by atoms with Crippen molar-refractivity contribution in [2.24, 2.45) is 0 Å². The first-order valence-corrected chi connectivity index (χ1v) is 13.3. The van der Waals surface area contributed by atoms with E-state index in [0.717, 1.165) is 30.0 Å². The molecule has 6 heteroatoms. The third kappa shape index (κ3) is 6.20. The monoisotopic (exact) mass is 498 g/mol. The van der Waals surface area contributed by atoms with E-state index in [9.17, 15) is 9.59 Å². The molecular formula is C31H34N2O4. The first-order valence-electron chi connectivity index (χ1n) is 13.3. The minimum Gasteiger partial charge on any atom is -0.494 e. The second kappa shape index (κ2) is 12.1. The van der Waals surface area contributed by atoms with Gasteiger partial charge in [-0.3, -0.25) is 14.5 Å². The van der Waals surface area contributed by atoms with Crippen molar-refractivity contribution in [3.63, 3.8) is 0 Å². The molecule has 0 radical (unpaired) electrons. The third-order valence-electron chi connectivity index (χ3n) is 7.10. The van der Waals surface area contributed by atoms with Crippen LogP contribution in [0.5, 0.6) is 11.5 Å². The standard InChI is InChI=1S/C31H34N2O4/c34-30-27-12-5-6-13-28(27)31(35)33(30)22-18-29(37-26-10-3-1-4-11-26)24-14-16-25(17-15-24)36-23-9-21-32-19-7-2-8-20-32/h1,3-6,10-17,29H,2,7-9,18-23H2. The molecular weight excluding hydrogens is 464 g/mol. The molecule has 1 saturated heterocycles. The highest BCUT2D eigenvalue weighted by Gasteiger charge is 2.35. The van der Waals surface area contributed by atoms with Crippen molar-refractivity contribution in [1.82, 2.24) is 9.80 Å². The largest absolute Gasteiger partial charge is 0.494 e. The average Bonchev–Trinajstić information content (AvgIpc) is 3.19. The van der Waals surface area contributed by atoms with Gasteiger partial charge in [0, 0.05) is 19.5 Å². The summed E-state index contributed by atoms with van der Waals surface area (Å²) in [7, 11) is 0. The van der Waals surface area contributed by atoms with Gasteiger partial charge in [0.1, 0.15) is 17.6 Å². The fourth-order valence-electron chi connectivity index (χ4n) is 5.09. The first kappa shape index (κ1) is 25.0. The van der Waals surface area contributed by atoms with Crippen LogP contribution >= 0.6 is 0 Å².